The predicted molar refractivity (Wildman–Crippen MR) is 105 cm³/mol. The summed E-state index contributed by atoms with van der Waals surface area (Å²) in [6.45, 7) is 0.571. The summed E-state index contributed by atoms with van der Waals surface area (Å²) in [6.07, 6.45) is -2.01. The normalized spacial score (nSPS) is 11.9. The van der Waals surface area contributed by atoms with Gasteiger partial charge in [0.05, 0.1) is 5.56 Å². The number of aryl methyl sites for hydroxylation is 1. The zero-order valence-corrected chi connectivity index (χ0v) is 15.5. The molecule has 3 nitrogen and oxygen atoms in total. The lowest BCUT2D eigenvalue weighted by Crippen LogP contribution is -2.08. The Balaban J connectivity index is 2.16. The minimum absolute atomic E-state index is 0.571. The number of H-pyrrole nitrogens is 1. The first-order valence-electron chi connectivity index (χ1n) is 9.01. The average Bonchev–Trinajstić information content (AvgIpc) is 2.99. The van der Waals surface area contributed by atoms with Crippen molar-refractivity contribution in [3.8, 4) is 11.3 Å². The zero-order chi connectivity index (χ0) is 19.6. The van der Waals surface area contributed by atoms with E-state index in [1.165, 1.54) is 12.1 Å². The fourth-order valence-corrected chi connectivity index (χ4v) is 3.32. The molecule has 0 amide bonds. The van der Waals surface area contributed by atoms with E-state index in [9.17, 15) is 13.2 Å². The third-order valence-electron chi connectivity index (χ3n) is 4.77. The van der Waals surface area contributed by atoms with Gasteiger partial charge in [-0.2, -0.15) is 13.2 Å². The van der Waals surface area contributed by atoms with Gasteiger partial charge in [-0.15, -0.1) is 0 Å². The Morgan fingerprint density at radius 1 is 1.04 bits per heavy atom. The summed E-state index contributed by atoms with van der Waals surface area (Å²) >= 11 is 0. The van der Waals surface area contributed by atoms with Crippen molar-refractivity contribution in [3.63, 3.8) is 0 Å². The molecule has 0 radical (unpaired) electrons. The van der Waals surface area contributed by atoms with E-state index in [2.05, 4.69) is 4.98 Å². The summed E-state index contributed by atoms with van der Waals surface area (Å²) in [5.41, 5.74) is 9.50. The van der Waals surface area contributed by atoms with Crippen LogP contribution in [0.5, 0.6) is 0 Å². The molecule has 27 heavy (non-hydrogen) atoms. The van der Waals surface area contributed by atoms with Crippen LogP contribution in [0.15, 0.2) is 42.5 Å². The first-order chi connectivity index (χ1) is 12.8. The molecule has 0 fully saturated rings. The van der Waals surface area contributed by atoms with E-state index < -0.39 is 11.7 Å². The molecule has 0 unspecified atom stereocenters. The predicted octanol–water partition coefficient (Wildman–Crippen LogP) is 5.20. The lowest BCUT2D eigenvalue weighted by atomic mass is 9.99. The van der Waals surface area contributed by atoms with Crippen LogP contribution in [-0.2, 0) is 12.6 Å². The average molecular weight is 375 g/mol. The first-order valence-corrected chi connectivity index (χ1v) is 9.01. The highest BCUT2D eigenvalue weighted by atomic mass is 19.4. The highest BCUT2D eigenvalue weighted by Gasteiger charge is 2.31. The number of nitrogens with zero attached hydrogens (tertiary/aromatic N) is 1. The molecule has 2 aromatic carbocycles. The Labute approximate surface area is 157 Å². The van der Waals surface area contributed by atoms with Gasteiger partial charge >= 0.3 is 6.18 Å². The molecule has 0 saturated heterocycles. The van der Waals surface area contributed by atoms with Crippen LogP contribution >= 0.6 is 0 Å². The zero-order valence-electron chi connectivity index (χ0n) is 15.5. The molecule has 3 aromatic rings. The minimum atomic E-state index is -4.36. The Bertz CT molecular complexity index is 926. The Morgan fingerprint density at radius 3 is 2.48 bits per heavy atom. The molecule has 0 aliphatic rings. The van der Waals surface area contributed by atoms with Crippen molar-refractivity contribution in [2.45, 2.75) is 25.4 Å². The van der Waals surface area contributed by atoms with E-state index >= 15 is 0 Å². The number of unbranched alkanes of at least 4 members (excludes halogenated alkanes) is 1. The summed E-state index contributed by atoms with van der Waals surface area (Å²) in [4.78, 5) is 5.34. The molecule has 3 rings (SSSR count). The number of rotatable bonds is 6. The number of nitrogens with one attached hydrogen (secondary N) is 1. The van der Waals surface area contributed by atoms with Crippen molar-refractivity contribution in [1.29, 1.82) is 0 Å². The smallest absolute Gasteiger partial charge is 0.378 e. The maximum Gasteiger partial charge on any atom is 0.416 e. The van der Waals surface area contributed by atoms with Crippen molar-refractivity contribution in [2.75, 3.05) is 25.5 Å². The number of nitrogens with two attached hydrogens (primary N) is 1. The Morgan fingerprint density at radius 2 is 1.81 bits per heavy atom. The largest absolute Gasteiger partial charge is 0.416 e. The lowest BCUT2D eigenvalue weighted by Gasteiger charge is -2.14. The van der Waals surface area contributed by atoms with E-state index in [0.717, 1.165) is 46.9 Å². The van der Waals surface area contributed by atoms with Gasteiger partial charge in [0.1, 0.15) is 0 Å². The molecule has 0 bridgehead atoms. The van der Waals surface area contributed by atoms with E-state index in [0.29, 0.717) is 18.4 Å². The van der Waals surface area contributed by atoms with Gasteiger partial charge in [-0.1, -0.05) is 12.1 Å². The number of alkyl halides is 3. The minimum Gasteiger partial charge on any atom is -0.378 e. The molecule has 144 valence electrons. The van der Waals surface area contributed by atoms with E-state index in [1.807, 2.05) is 43.3 Å². The van der Waals surface area contributed by atoms with Crippen molar-refractivity contribution >= 4 is 16.6 Å². The number of aromatic amines is 1. The van der Waals surface area contributed by atoms with Crippen LogP contribution in [0.4, 0.5) is 18.9 Å². The number of aromatic nitrogens is 1. The molecule has 0 aliphatic carbocycles. The van der Waals surface area contributed by atoms with Crippen LogP contribution < -0.4 is 10.6 Å². The third kappa shape index (κ3) is 4.11. The maximum atomic E-state index is 13.2. The van der Waals surface area contributed by atoms with Gasteiger partial charge in [0, 0.05) is 41.9 Å². The highest BCUT2D eigenvalue weighted by molar-refractivity contribution is 5.91. The van der Waals surface area contributed by atoms with E-state index in [4.69, 9.17) is 5.73 Å². The summed E-state index contributed by atoms with van der Waals surface area (Å²) in [5.74, 6) is 0. The number of hydrogen-bond acceptors (Lipinski definition) is 2. The van der Waals surface area contributed by atoms with Gasteiger partial charge in [-0.05, 0) is 61.7 Å². The number of fused-ring (bicyclic) bond motifs is 1. The molecule has 6 heteroatoms. The fourth-order valence-electron chi connectivity index (χ4n) is 3.32. The summed E-state index contributed by atoms with van der Waals surface area (Å²) in [7, 11) is 3.92. The molecule has 1 aromatic heterocycles. The number of hydrogen-bond donors (Lipinski definition) is 2. The fraction of sp³-hybridized carbons (Fsp3) is 0.333. The molecule has 0 atom stereocenters. The standard InChI is InChI=1S/C21H24F3N3/c1-27(2)16-7-5-6-14(12-16)20-17(8-3-4-11-25)18-13-15(21(22,23)24)9-10-19(18)26-20/h5-7,9-10,12-13,26H,3-4,8,11,25H2,1-2H3. The van der Waals surface area contributed by atoms with Crippen molar-refractivity contribution in [3.05, 3.63) is 53.6 Å². The summed E-state index contributed by atoms with van der Waals surface area (Å²) in [6, 6.07) is 11.9. The van der Waals surface area contributed by atoms with Gasteiger partial charge in [0.2, 0.25) is 0 Å². The second kappa shape index (κ2) is 7.64. The number of halogens is 3. The molecule has 1 heterocycles. The Kier molecular flexibility index (Phi) is 5.46. The third-order valence-corrected chi connectivity index (χ3v) is 4.77. The second-order valence-corrected chi connectivity index (χ2v) is 6.93. The first kappa shape index (κ1) is 19.3. The molecular formula is C21H24F3N3. The van der Waals surface area contributed by atoms with Gasteiger partial charge in [0.15, 0.2) is 0 Å². The quantitative estimate of drug-likeness (QED) is 0.582. The molecular weight excluding hydrogens is 351 g/mol. The summed E-state index contributed by atoms with van der Waals surface area (Å²) in [5, 5.41) is 0.632. The molecule has 0 saturated carbocycles. The van der Waals surface area contributed by atoms with Crippen LogP contribution in [0.2, 0.25) is 0 Å². The van der Waals surface area contributed by atoms with Gasteiger partial charge in [-0.25, -0.2) is 0 Å². The van der Waals surface area contributed by atoms with Crippen molar-refractivity contribution in [1.82, 2.24) is 4.98 Å². The summed E-state index contributed by atoms with van der Waals surface area (Å²) < 4.78 is 39.6. The van der Waals surface area contributed by atoms with Crippen molar-refractivity contribution in [2.24, 2.45) is 5.73 Å². The maximum absolute atomic E-state index is 13.2. The highest BCUT2D eigenvalue weighted by Crippen LogP contribution is 2.37. The van der Waals surface area contributed by atoms with Crippen LogP contribution in [-0.4, -0.2) is 25.6 Å². The van der Waals surface area contributed by atoms with Gasteiger partial charge in [-0.3, -0.25) is 0 Å². The Hall–Kier alpha value is -2.47. The monoisotopic (exact) mass is 375 g/mol. The SMILES string of the molecule is CN(C)c1cccc(-c2[nH]c3ccc(C(F)(F)F)cc3c2CCCCN)c1. The number of anilines is 1. The van der Waals surface area contributed by atoms with Crippen LogP contribution in [0.1, 0.15) is 24.0 Å². The van der Waals surface area contributed by atoms with Crippen LogP contribution in [0.3, 0.4) is 0 Å². The van der Waals surface area contributed by atoms with Crippen LogP contribution in [0.25, 0.3) is 22.2 Å². The molecule has 0 spiro atoms. The molecule has 0 aliphatic heterocycles. The lowest BCUT2D eigenvalue weighted by molar-refractivity contribution is -0.137. The van der Waals surface area contributed by atoms with Crippen LogP contribution in [0, 0.1) is 0 Å². The van der Waals surface area contributed by atoms with E-state index in [1.54, 1.807) is 0 Å². The molecule has 3 N–H and O–H groups in total. The van der Waals surface area contributed by atoms with Gasteiger partial charge in [0.25, 0.3) is 0 Å². The second-order valence-electron chi connectivity index (χ2n) is 6.93. The number of benzene rings is 2. The van der Waals surface area contributed by atoms with E-state index in [-0.39, 0.29) is 0 Å². The van der Waals surface area contributed by atoms with Crippen molar-refractivity contribution < 1.29 is 13.2 Å². The van der Waals surface area contributed by atoms with Gasteiger partial charge < -0.3 is 15.6 Å². The topological polar surface area (TPSA) is 45.0 Å².